The SMILES string of the molecule is Cc1nc(Nc2cn[nH]c2C)c2cnn(C(C)(C)C)c2n1. The Kier molecular flexibility index (Phi) is 2.93. The summed E-state index contributed by atoms with van der Waals surface area (Å²) in [5.74, 6) is 1.45. The Morgan fingerprint density at radius 1 is 1.14 bits per heavy atom. The van der Waals surface area contributed by atoms with E-state index in [1.54, 1.807) is 12.4 Å². The van der Waals surface area contributed by atoms with Gasteiger partial charge in [0.05, 0.1) is 34.7 Å². The van der Waals surface area contributed by atoms with Crippen LogP contribution >= 0.6 is 0 Å². The molecule has 0 aliphatic carbocycles. The van der Waals surface area contributed by atoms with Crippen LogP contribution in [0.5, 0.6) is 0 Å². The minimum atomic E-state index is -0.134. The van der Waals surface area contributed by atoms with E-state index in [0.717, 1.165) is 28.2 Å². The fraction of sp³-hybridized carbons (Fsp3) is 0.429. The van der Waals surface area contributed by atoms with Crippen LogP contribution in [0.15, 0.2) is 12.4 Å². The Bertz CT molecular complexity index is 791. The van der Waals surface area contributed by atoms with Crippen molar-refractivity contribution in [3.05, 3.63) is 23.9 Å². The minimum Gasteiger partial charge on any atom is -0.337 e. The second kappa shape index (κ2) is 4.54. The average molecular weight is 285 g/mol. The van der Waals surface area contributed by atoms with Crippen molar-refractivity contribution in [1.29, 1.82) is 0 Å². The Morgan fingerprint density at radius 2 is 1.90 bits per heavy atom. The number of aromatic nitrogens is 6. The summed E-state index contributed by atoms with van der Waals surface area (Å²) in [7, 11) is 0. The van der Waals surface area contributed by atoms with Crippen LogP contribution in [0, 0.1) is 13.8 Å². The molecule has 2 N–H and O–H groups in total. The van der Waals surface area contributed by atoms with Gasteiger partial charge in [-0.1, -0.05) is 0 Å². The van der Waals surface area contributed by atoms with Gasteiger partial charge in [-0.15, -0.1) is 0 Å². The van der Waals surface area contributed by atoms with Gasteiger partial charge in [0.25, 0.3) is 0 Å². The highest BCUT2D eigenvalue weighted by Gasteiger charge is 2.20. The smallest absolute Gasteiger partial charge is 0.164 e. The largest absolute Gasteiger partial charge is 0.337 e. The molecule has 0 spiro atoms. The van der Waals surface area contributed by atoms with Gasteiger partial charge in [-0.25, -0.2) is 14.6 Å². The Hall–Kier alpha value is -2.44. The van der Waals surface area contributed by atoms with E-state index in [4.69, 9.17) is 0 Å². The number of hydrogen-bond donors (Lipinski definition) is 2. The molecule has 0 saturated carbocycles. The van der Waals surface area contributed by atoms with Crippen molar-refractivity contribution < 1.29 is 0 Å². The van der Waals surface area contributed by atoms with E-state index in [0.29, 0.717) is 5.82 Å². The van der Waals surface area contributed by atoms with Crippen molar-refractivity contribution in [2.45, 2.75) is 40.2 Å². The molecule has 0 unspecified atom stereocenters. The van der Waals surface area contributed by atoms with Crippen LogP contribution in [0.4, 0.5) is 11.5 Å². The highest BCUT2D eigenvalue weighted by atomic mass is 15.3. The lowest BCUT2D eigenvalue weighted by Crippen LogP contribution is -2.23. The van der Waals surface area contributed by atoms with Gasteiger partial charge in [0.2, 0.25) is 0 Å². The van der Waals surface area contributed by atoms with Crippen LogP contribution in [-0.4, -0.2) is 29.9 Å². The summed E-state index contributed by atoms with van der Waals surface area (Å²) in [6, 6.07) is 0. The molecule has 110 valence electrons. The quantitative estimate of drug-likeness (QED) is 0.756. The number of hydrogen-bond acceptors (Lipinski definition) is 5. The molecule has 7 heteroatoms. The highest BCUT2D eigenvalue weighted by molar-refractivity contribution is 5.88. The number of nitrogens with zero attached hydrogens (tertiary/aromatic N) is 5. The maximum absolute atomic E-state index is 4.54. The van der Waals surface area contributed by atoms with Gasteiger partial charge in [0, 0.05) is 0 Å². The van der Waals surface area contributed by atoms with E-state index in [1.165, 1.54) is 0 Å². The normalized spacial score (nSPS) is 12.0. The first kappa shape index (κ1) is 13.5. The van der Waals surface area contributed by atoms with Crippen molar-refractivity contribution in [2.24, 2.45) is 0 Å². The maximum Gasteiger partial charge on any atom is 0.164 e. The molecule has 3 aromatic heterocycles. The Morgan fingerprint density at radius 3 is 2.52 bits per heavy atom. The second-order valence-electron chi connectivity index (χ2n) is 6.12. The Labute approximate surface area is 122 Å². The molecule has 0 aromatic carbocycles. The van der Waals surface area contributed by atoms with E-state index >= 15 is 0 Å². The molecule has 0 aliphatic heterocycles. The standard InChI is InChI=1S/C14H19N7/c1-8-11(7-15-20-8)19-12-10-6-16-21(14(3,4)5)13(10)18-9(2)17-12/h6-7H,1-5H3,(H,15,20)(H,17,18,19). The predicted molar refractivity (Wildman–Crippen MR) is 81.7 cm³/mol. The van der Waals surface area contributed by atoms with Gasteiger partial charge in [0.15, 0.2) is 5.65 Å². The molecule has 0 amide bonds. The average Bonchev–Trinajstić information content (AvgIpc) is 2.95. The summed E-state index contributed by atoms with van der Waals surface area (Å²) in [6.07, 6.45) is 3.55. The number of nitrogens with one attached hydrogen (secondary N) is 2. The molecule has 0 radical (unpaired) electrons. The first-order valence-corrected chi connectivity index (χ1v) is 6.86. The molecule has 0 fully saturated rings. The zero-order valence-electron chi connectivity index (χ0n) is 12.9. The maximum atomic E-state index is 4.54. The number of aryl methyl sites for hydroxylation is 2. The van der Waals surface area contributed by atoms with E-state index in [2.05, 4.69) is 51.4 Å². The highest BCUT2D eigenvalue weighted by Crippen LogP contribution is 2.27. The van der Waals surface area contributed by atoms with Gasteiger partial charge in [0.1, 0.15) is 11.6 Å². The van der Waals surface area contributed by atoms with Crippen LogP contribution in [-0.2, 0) is 5.54 Å². The number of aromatic amines is 1. The third kappa shape index (κ3) is 2.35. The van der Waals surface area contributed by atoms with Crippen molar-refractivity contribution in [2.75, 3.05) is 5.32 Å². The van der Waals surface area contributed by atoms with Crippen LogP contribution in [0.3, 0.4) is 0 Å². The van der Waals surface area contributed by atoms with E-state index in [-0.39, 0.29) is 5.54 Å². The van der Waals surface area contributed by atoms with Gasteiger partial charge >= 0.3 is 0 Å². The molecular weight excluding hydrogens is 266 g/mol. The van der Waals surface area contributed by atoms with E-state index < -0.39 is 0 Å². The molecule has 3 heterocycles. The first-order chi connectivity index (χ1) is 9.86. The summed E-state index contributed by atoms with van der Waals surface area (Å²) in [5.41, 5.74) is 2.56. The first-order valence-electron chi connectivity index (χ1n) is 6.86. The van der Waals surface area contributed by atoms with Crippen LogP contribution in [0.2, 0.25) is 0 Å². The molecule has 0 bridgehead atoms. The lowest BCUT2D eigenvalue weighted by atomic mass is 10.1. The monoisotopic (exact) mass is 285 g/mol. The molecule has 21 heavy (non-hydrogen) atoms. The van der Waals surface area contributed by atoms with Gasteiger partial charge < -0.3 is 5.32 Å². The van der Waals surface area contributed by atoms with Crippen LogP contribution in [0.25, 0.3) is 11.0 Å². The zero-order chi connectivity index (χ0) is 15.2. The molecule has 0 saturated heterocycles. The predicted octanol–water partition coefficient (Wildman–Crippen LogP) is 2.66. The number of rotatable bonds is 2. The zero-order valence-corrected chi connectivity index (χ0v) is 12.9. The minimum absolute atomic E-state index is 0.134. The summed E-state index contributed by atoms with van der Waals surface area (Å²) in [6.45, 7) is 10.1. The molecule has 7 nitrogen and oxygen atoms in total. The molecular formula is C14H19N7. The van der Waals surface area contributed by atoms with Crippen molar-refractivity contribution in [3.63, 3.8) is 0 Å². The van der Waals surface area contributed by atoms with Crippen LogP contribution in [0.1, 0.15) is 32.3 Å². The molecule has 0 aliphatic rings. The van der Waals surface area contributed by atoms with Gasteiger partial charge in [-0.05, 0) is 34.6 Å². The van der Waals surface area contributed by atoms with Crippen LogP contribution < -0.4 is 5.32 Å². The Balaban J connectivity index is 2.15. The summed E-state index contributed by atoms with van der Waals surface area (Å²) in [4.78, 5) is 9.04. The lowest BCUT2D eigenvalue weighted by Gasteiger charge is -2.20. The fourth-order valence-corrected chi connectivity index (χ4v) is 2.21. The van der Waals surface area contributed by atoms with Gasteiger partial charge in [-0.2, -0.15) is 10.2 Å². The number of anilines is 2. The fourth-order valence-electron chi connectivity index (χ4n) is 2.21. The summed E-state index contributed by atoms with van der Waals surface area (Å²) in [5, 5.41) is 15.6. The summed E-state index contributed by atoms with van der Waals surface area (Å²) >= 11 is 0. The van der Waals surface area contributed by atoms with E-state index in [1.807, 2.05) is 18.5 Å². The molecule has 3 rings (SSSR count). The number of fused-ring (bicyclic) bond motifs is 1. The van der Waals surface area contributed by atoms with Gasteiger partial charge in [-0.3, -0.25) is 5.10 Å². The van der Waals surface area contributed by atoms with E-state index in [9.17, 15) is 0 Å². The van der Waals surface area contributed by atoms with Crippen molar-refractivity contribution in [1.82, 2.24) is 29.9 Å². The molecule has 3 aromatic rings. The van der Waals surface area contributed by atoms with Crippen molar-refractivity contribution >= 4 is 22.5 Å². The third-order valence-electron chi connectivity index (χ3n) is 3.26. The lowest BCUT2D eigenvalue weighted by molar-refractivity contribution is 0.365. The van der Waals surface area contributed by atoms with Crippen molar-refractivity contribution in [3.8, 4) is 0 Å². The third-order valence-corrected chi connectivity index (χ3v) is 3.26. The molecule has 0 atom stereocenters. The summed E-state index contributed by atoms with van der Waals surface area (Å²) < 4.78 is 1.92. The number of H-pyrrole nitrogens is 1. The topological polar surface area (TPSA) is 84.3 Å². The second-order valence-corrected chi connectivity index (χ2v) is 6.12.